The van der Waals surface area contributed by atoms with Gasteiger partial charge in [-0.05, 0) is 49.5 Å². The Balaban J connectivity index is 0.00000312. The maximum absolute atomic E-state index is 12.3. The highest BCUT2D eigenvalue weighted by molar-refractivity contribution is 5.85. The average molecular weight is 371 g/mol. The van der Waals surface area contributed by atoms with Crippen molar-refractivity contribution in [2.75, 3.05) is 40.5 Å². The zero-order valence-corrected chi connectivity index (χ0v) is 16.3. The number of amides is 1. The molecule has 1 atom stereocenters. The van der Waals surface area contributed by atoms with Crippen molar-refractivity contribution in [2.24, 2.45) is 5.41 Å². The third kappa shape index (κ3) is 6.49. The second-order valence-electron chi connectivity index (χ2n) is 6.84. The average Bonchev–Trinajstić information content (AvgIpc) is 2.61. The van der Waals surface area contributed by atoms with Crippen LogP contribution >= 0.6 is 12.4 Å². The van der Waals surface area contributed by atoms with Crippen molar-refractivity contribution in [3.8, 4) is 5.75 Å². The Morgan fingerprint density at radius 1 is 1.24 bits per heavy atom. The molecule has 1 aromatic carbocycles. The molecule has 0 saturated carbocycles. The minimum absolute atomic E-state index is 0. The van der Waals surface area contributed by atoms with Gasteiger partial charge in [0, 0.05) is 25.5 Å². The number of ether oxygens (including phenoxy) is 2. The van der Waals surface area contributed by atoms with Gasteiger partial charge in [-0.3, -0.25) is 4.79 Å². The van der Waals surface area contributed by atoms with Gasteiger partial charge in [-0.1, -0.05) is 19.1 Å². The number of hydrogen-bond acceptors (Lipinski definition) is 4. The summed E-state index contributed by atoms with van der Waals surface area (Å²) >= 11 is 0. The highest BCUT2D eigenvalue weighted by Gasteiger charge is 2.32. The molecule has 6 heteroatoms. The van der Waals surface area contributed by atoms with Crippen LogP contribution in [-0.4, -0.2) is 46.4 Å². The van der Waals surface area contributed by atoms with Crippen LogP contribution in [0.3, 0.4) is 0 Å². The number of rotatable bonds is 8. The summed E-state index contributed by atoms with van der Waals surface area (Å²) in [5.41, 5.74) is 1.22. The van der Waals surface area contributed by atoms with Crippen LogP contribution in [0.1, 0.15) is 37.7 Å². The van der Waals surface area contributed by atoms with Crippen molar-refractivity contribution in [1.29, 1.82) is 0 Å². The molecule has 1 aliphatic heterocycles. The number of methoxy groups -OCH3 is 2. The standard InChI is InChI=1S/C19H30N2O3.ClH/c1-15(16-4-6-17(24-3)7-5-16)12-18(22)21-13-19(14-23-2)8-10-20-11-9-19;/h4-7,15,20H,8-14H2,1-3H3,(H,21,22);1H. The normalized spacial score (nSPS) is 17.2. The largest absolute Gasteiger partial charge is 0.497 e. The number of piperidine rings is 1. The predicted octanol–water partition coefficient (Wildman–Crippen LogP) is 2.74. The van der Waals surface area contributed by atoms with E-state index in [9.17, 15) is 4.79 Å². The van der Waals surface area contributed by atoms with E-state index in [2.05, 4.69) is 17.6 Å². The van der Waals surface area contributed by atoms with Gasteiger partial charge in [0.05, 0.1) is 13.7 Å². The Kier molecular flexibility index (Phi) is 9.25. The second-order valence-corrected chi connectivity index (χ2v) is 6.84. The van der Waals surface area contributed by atoms with Crippen LogP contribution in [0.25, 0.3) is 0 Å². The first kappa shape index (κ1) is 21.7. The van der Waals surface area contributed by atoms with Gasteiger partial charge in [0.2, 0.25) is 5.91 Å². The molecule has 142 valence electrons. The monoisotopic (exact) mass is 370 g/mol. The van der Waals surface area contributed by atoms with E-state index in [0.29, 0.717) is 19.6 Å². The zero-order valence-electron chi connectivity index (χ0n) is 15.5. The number of carbonyl (C=O) groups is 1. The van der Waals surface area contributed by atoms with Crippen LogP contribution in [-0.2, 0) is 9.53 Å². The first-order valence-corrected chi connectivity index (χ1v) is 8.69. The van der Waals surface area contributed by atoms with Gasteiger partial charge >= 0.3 is 0 Å². The van der Waals surface area contributed by atoms with Crippen molar-refractivity contribution in [1.82, 2.24) is 10.6 Å². The molecule has 2 rings (SSSR count). The van der Waals surface area contributed by atoms with E-state index < -0.39 is 0 Å². The van der Waals surface area contributed by atoms with Crippen LogP contribution < -0.4 is 15.4 Å². The summed E-state index contributed by atoms with van der Waals surface area (Å²) in [7, 11) is 3.39. The molecule has 1 saturated heterocycles. The van der Waals surface area contributed by atoms with Crippen molar-refractivity contribution in [2.45, 2.75) is 32.1 Å². The smallest absolute Gasteiger partial charge is 0.220 e. The summed E-state index contributed by atoms with van der Waals surface area (Å²) in [6.07, 6.45) is 2.57. The summed E-state index contributed by atoms with van der Waals surface area (Å²) in [6, 6.07) is 7.92. The summed E-state index contributed by atoms with van der Waals surface area (Å²) in [4.78, 5) is 12.3. The van der Waals surface area contributed by atoms with Gasteiger partial charge in [-0.15, -0.1) is 12.4 Å². The minimum Gasteiger partial charge on any atom is -0.497 e. The SMILES string of the molecule is COCC1(CNC(=O)CC(C)c2ccc(OC)cc2)CCNCC1.Cl. The number of hydrogen-bond donors (Lipinski definition) is 2. The fourth-order valence-corrected chi connectivity index (χ4v) is 3.32. The van der Waals surface area contributed by atoms with Crippen molar-refractivity contribution in [3.63, 3.8) is 0 Å². The van der Waals surface area contributed by atoms with E-state index in [-0.39, 0.29) is 29.6 Å². The molecule has 0 aliphatic carbocycles. The van der Waals surface area contributed by atoms with Gasteiger partial charge in [-0.25, -0.2) is 0 Å². The maximum Gasteiger partial charge on any atom is 0.220 e. The van der Waals surface area contributed by atoms with Gasteiger partial charge in [0.25, 0.3) is 0 Å². The predicted molar refractivity (Wildman–Crippen MR) is 103 cm³/mol. The molecule has 0 aromatic heterocycles. The summed E-state index contributed by atoms with van der Waals surface area (Å²) in [5, 5.41) is 6.50. The Labute approximate surface area is 157 Å². The lowest BCUT2D eigenvalue weighted by Gasteiger charge is -2.37. The number of carbonyl (C=O) groups excluding carboxylic acids is 1. The lowest BCUT2D eigenvalue weighted by molar-refractivity contribution is -0.122. The van der Waals surface area contributed by atoms with Crippen molar-refractivity contribution < 1.29 is 14.3 Å². The minimum atomic E-state index is 0. The van der Waals surface area contributed by atoms with E-state index in [4.69, 9.17) is 9.47 Å². The third-order valence-electron chi connectivity index (χ3n) is 4.95. The number of nitrogens with one attached hydrogen (secondary N) is 2. The van der Waals surface area contributed by atoms with E-state index in [0.717, 1.165) is 37.2 Å². The van der Waals surface area contributed by atoms with E-state index in [1.807, 2.05) is 24.3 Å². The molecule has 1 heterocycles. The molecular weight excluding hydrogens is 340 g/mol. The van der Waals surface area contributed by atoms with Crippen LogP contribution in [0.5, 0.6) is 5.75 Å². The molecule has 2 N–H and O–H groups in total. The Morgan fingerprint density at radius 2 is 1.88 bits per heavy atom. The Bertz CT molecular complexity index is 510. The zero-order chi connectivity index (χ0) is 17.4. The third-order valence-corrected chi connectivity index (χ3v) is 4.95. The summed E-state index contributed by atoms with van der Waals surface area (Å²) in [5.74, 6) is 1.12. The molecule has 1 amide bonds. The lowest BCUT2D eigenvalue weighted by atomic mass is 9.79. The molecule has 25 heavy (non-hydrogen) atoms. The fourth-order valence-electron chi connectivity index (χ4n) is 3.32. The molecule has 1 fully saturated rings. The van der Waals surface area contributed by atoms with Gasteiger partial charge in [0.15, 0.2) is 0 Å². The molecule has 0 radical (unpaired) electrons. The molecule has 0 spiro atoms. The van der Waals surface area contributed by atoms with Crippen molar-refractivity contribution in [3.05, 3.63) is 29.8 Å². The second kappa shape index (κ2) is 10.6. The summed E-state index contributed by atoms with van der Waals surface area (Å²) in [6.45, 7) is 5.44. The Morgan fingerprint density at radius 3 is 2.44 bits per heavy atom. The van der Waals surface area contributed by atoms with Crippen LogP contribution in [0.4, 0.5) is 0 Å². The lowest BCUT2D eigenvalue weighted by Crippen LogP contribution is -2.47. The molecule has 1 aromatic rings. The molecule has 1 aliphatic rings. The topological polar surface area (TPSA) is 59.6 Å². The first-order valence-electron chi connectivity index (χ1n) is 8.69. The molecule has 5 nitrogen and oxygen atoms in total. The van der Waals surface area contributed by atoms with Crippen LogP contribution in [0.15, 0.2) is 24.3 Å². The van der Waals surface area contributed by atoms with E-state index in [1.165, 1.54) is 0 Å². The maximum atomic E-state index is 12.3. The molecule has 0 bridgehead atoms. The highest BCUT2D eigenvalue weighted by atomic mass is 35.5. The van der Waals surface area contributed by atoms with E-state index in [1.54, 1.807) is 14.2 Å². The van der Waals surface area contributed by atoms with Gasteiger partial charge in [-0.2, -0.15) is 0 Å². The van der Waals surface area contributed by atoms with Crippen molar-refractivity contribution >= 4 is 18.3 Å². The number of halogens is 1. The quantitative estimate of drug-likeness (QED) is 0.738. The fraction of sp³-hybridized carbons (Fsp3) is 0.632. The molecular formula is C19H31ClN2O3. The summed E-state index contributed by atoms with van der Waals surface area (Å²) < 4.78 is 10.6. The number of benzene rings is 1. The van der Waals surface area contributed by atoms with E-state index >= 15 is 0 Å². The Hall–Kier alpha value is -1.30. The molecule has 1 unspecified atom stereocenters. The first-order chi connectivity index (χ1) is 11.6. The van der Waals surface area contributed by atoms with Gasteiger partial charge < -0.3 is 20.1 Å². The van der Waals surface area contributed by atoms with Crippen LogP contribution in [0.2, 0.25) is 0 Å². The highest BCUT2D eigenvalue weighted by Crippen LogP contribution is 2.28. The van der Waals surface area contributed by atoms with Crippen LogP contribution in [0, 0.1) is 5.41 Å². The van der Waals surface area contributed by atoms with Gasteiger partial charge in [0.1, 0.15) is 5.75 Å².